The van der Waals surface area contributed by atoms with Crippen LogP contribution in [0.3, 0.4) is 0 Å². The fourth-order valence-electron chi connectivity index (χ4n) is 5.83. The van der Waals surface area contributed by atoms with E-state index in [4.69, 9.17) is 4.74 Å². The first kappa shape index (κ1) is 36.2. The lowest BCUT2D eigenvalue weighted by Gasteiger charge is -2.33. The second kappa shape index (κ2) is 13.6. The molecule has 2 amide bonds. The molecular formula is C33H42F6N2O4. The number of carbonyl (C=O) groups excluding carboxylic acids is 2. The quantitative estimate of drug-likeness (QED) is 0.143. The van der Waals surface area contributed by atoms with Crippen LogP contribution in [0.1, 0.15) is 75.6 Å². The van der Waals surface area contributed by atoms with Crippen molar-refractivity contribution in [2.45, 2.75) is 89.6 Å². The van der Waals surface area contributed by atoms with Gasteiger partial charge in [-0.3, -0.25) is 14.5 Å². The van der Waals surface area contributed by atoms with E-state index in [-0.39, 0.29) is 54.7 Å². The molecule has 1 saturated heterocycles. The number of ether oxygens (including phenoxy) is 1. The number of hydrogen-bond acceptors (Lipinski definition) is 5. The van der Waals surface area contributed by atoms with Crippen LogP contribution in [0, 0.1) is 5.92 Å². The maximum atomic E-state index is 13.7. The van der Waals surface area contributed by atoms with E-state index in [9.17, 15) is 41.0 Å². The Labute approximate surface area is 260 Å². The van der Waals surface area contributed by atoms with E-state index in [2.05, 4.69) is 0 Å². The summed E-state index contributed by atoms with van der Waals surface area (Å²) < 4.78 is 87.9. The van der Waals surface area contributed by atoms with Gasteiger partial charge in [-0.15, -0.1) is 0 Å². The maximum absolute atomic E-state index is 13.7. The molecule has 3 rings (SSSR count). The largest absolute Gasteiger partial charge is 0.493 e. The van der Waals surface area contributed by atoms with Crippen molar-refractivity contribution in [2.75, 3.05) is 32.1 Å². The first-order valence-electron chi connectivity index (χ1n) is 15.1. The molecular weight excluding hydrogens is 602 g/mol. The van der Waals surface area contributed by atoms with Crippen LogP contribution in [-0.4, -0.2) is 61.4 Å². The number of halogens is 6. The number of nitrogens with zero attached hydrogens (tertiary/aromatic N) is 2. The molecule has 0 bridgehead atoms. The number of imide groups is 1. The Hall–Kier alpha value is -3.28. The first-order chi connectivity index (χ1) is 20.9. The van der Waals surface area contributed by atoms with Crippen molar-refractivity contribution < 1.29 is 45.8 Å². The summed E-state index contributed by atoms with van der Waals surface area (Å²) in [5, 5.41) is 10.0. The van der Waals surface area contributed by atoms with Crippen LogP contribution in [0.2, 0.25) is 0 Å². The number of hydrogen-bond donors (Lipinski definition) is 1. The third-order valence-corrected chi connectivity index (χ3v) is 8.72. The highest BCUT2D eigenvalue weighted by molar-refractivity contribution is 6.10. The Morgan fingerprint density at radius 2 is 1.42 bits per heavy atom. The van der Waals surface area contributed by atoms with Crippen LogP contribution in [0.4, 0.5) is 32.0 Å². The summed E-state index contributed by atoms with van der Waals surface area (Å²) in [6, 6.07) is 8.95. The van der Waals surface area contributed by atoms with Gasteiger partial charge in [0.1, 0.15) is 5.75 Å². The van der Waals surface area contributed by atoms with Gasteiger partial charge < -0.3 is 14.7 Å². The number of benzene rings is 2. The maximum Gasteiger partial charge on any atom is 0.430 e. The predicted molar refractivity (Wildman–Crippen MR) is 159 cm³/mol. The van der Waals surface area contributed by atoms with Gasteiger partial charge in [-0.05, 0) is 73.6 Å². The molecule has 2 aromatic rings. The average molecular weight is 645 g/mol. The summed E-state index contributed by atoms with van der Waals surface area (Å²) in [6.45, 7) is 7.15. The number of alkyl halides is 6. The number of anilines is 1. The van der Waals surface area contributed by atoms with Gasteiger partial charge in [0, 0.05) is 31.9 Å². The summed E-state index contributed by atoms with van der Waals surface area (Å²) in [4.78, 5) is 29.8. The van der Waals surface area contributed by atoms with Crippen molar-refractivity contribution >= 4 is 17.5 Å². The molecule has 45 heavy (non-hydrogen) atoms. The molecule has 6 nitrogen and oxygen atoms in total. The summed E-state index contributed by atoms with van der Waals surface area (Å²) >= 11 is 0. The fraction of sp³-hybridized carbons (Fsp3) is 0.576. The standard InChI is InChI=1S/C33H42F6N2O4/c1-7-11-22-19-25(31(44,32(34,35)36)33(37,38)39)20-23(12-8-2)27(22)45-18-10-9-17-41-28(42)21(3)30(4,29(41)43)24-13-15-26(16-14-24)40(5)6/h13-16,19-21,44H,7-12,17-18H2,1-6H3/t21-,30?/m0/s1. The van der Waals surface area contributed by atoms with Crippen LogP contribution in [0.25, 0.3) is 0 Å². The molecule has 2 aromatic carbocycles. The summed E-state index contributed by atoms with van der Waals surface area (Å²) in [7, 11) is 3.81. The molecule has 250 valence electrons. The number of unbranched alkanes of at least 4 members (excludes halogenated alkanes) is 1. The third-order valence-electron chi connectivity index (χ3n) is 8.72. The summed E-state index contributed by atoms with van der Waals surface area (Å²) in [5.41, 5.74) is -5.37. The van der Waals surface area contributed by atoms with E-state index in [0.717, 1.165) is 23.4 Å². The number of carbonyl (C=O) groups is 2. The second-order valence-corrected chi connectivity index (χ2v) is 12.0. The molecule has 2 atom stereocenters. The molecule has 1 aliphatic rings. The molecule has 1 aliphatic heterocycles. The normalized spacial score (nSPS) is 19.4. The third kappa shape index (κ3) is 6.80. The number of amides is 2. The number of aliphatic hydroxyl groups is 1. The van der Waals surface area contributed by atoms with Gasteiger partial charge in [-0.1, -0.05) is 45.7 Å². The Morgan fingerprint density at radius 3 is 1.87 bits per heavy atom. The topological polar surface area (TPSA) is 70.1 Å². The zero-order chi connectivity index (χ0) is 34.0. The summed E-state index contributed by atoms with van der Waals surface area (Å²) in [5.74, 6) is -0.963. The van der Waals surface area contributed by atoms with Crippen molar-refractivity contribution in [3.8, 4) is 5.75 Å². The SMILES string of the molecule is CCCc1cc(C(O)(C(F)(F)F)C(F)(F)F)cc(CCC)c1OCCCCN1C(=O)[C@H](C)C(C)(c2ccc(N(C)C)cc2)C1=O. The molecule has 0 aliphatic carbocycles. The van der Waals surface area contributed by atoms with E-state index in [1.807, 2.05) is 43.3 Å². The minimum absolute atomic E-state index is 0.0601. The predicted octanol–water partition coefficient (Wildman–Crippen LogP) is 7.09. The van der Waals surface area contributed by atoms with Gasteiger partial charge in [0.25, 0.3) is 5.60 Å². The average Bonchev–Trinajstić information content (AvgIpc) is 3.12. The van der Waals surface area contributed by atoms with E-state index in [0.29, 0.717) is 25.7 Å². The Kier molecular flexibility index (Phi) is 10.9. The molecule has 1 heterocycles. The lowest BCUT2D eigenvalue weighted by atomic mass is 9.74. The lowest BCUT2D eigenvalue weighted by Crippen LogP contribution is -2.54. The Morgan fingerprint density at radius 1 is 0.911 bits per heavy atom. The van der Waals surface area contributed by atoms with Gasteiger partial charge in [-0.2, -0.15) is 26.3 Å². The van der Waals surface area contributed by atoms with Crippen LogP contribution >= 0.6 is 0 Å². The lowest BCUT2D eigenvalue weighted by molar-refractivity contribution is -0.376. The first-order valence-corrected chi connectivity index (χ1v) is 15.1. The monoisotopic (exact) mass is 644 g/mol. The van der Waals surface area contributed by atoms with Crippen LogP contribution in [0.5, 0.6) is 5.75 Å². The highest BCUT2D eigenvalue weighted by Crippen LogP contribution is 2.51. The Balaban J connectivity index is 1.77. The van der Waals surface area contributed by atoms with Crippen molar-refractivity contribution in [3.63, 3.8) is 0 Å². The van der Waals surface area contributed by atoms with E-state index >= 15 is 0 Å². The zero-order valence-corrected chi connectivity index (χ0v) is 26.5. The molecule has 0 radical (unpaired) electrons. The highest BCUT2D eigenvalue weighted by atomic mass is 19.4. The minimum Gasteiger partial charge on any atom is -0.493 e. The van der Waals surface area contributed by atoms with Crippen molar-refractivity contribution in [3.05, 3.63) is 58.7 Å². The molecule has 0 saturated carbocycles. The number of rotatable bonds is 13. The highest BCUT2D eigenvalue weighted by Gasteiger charge is 2.71. The fourth-order valence-corrected chi connectivity index (χ4v) is 5.83. The van der Waals surface area contributed by atoms with Crippen LogP contribution in [0.15, 0.2) is 36.4 Å². The smallest absolute Gasteiger partial charge is 0.430 e. The molecule has 1 N–H and O–H groups in total. The molecule has 0 spiro atoms. The molecule has 1 fully saturated rings. The number of aryl methyl sites for hydroxylation is 2. The van der Waals surface area contributed by atoms with Gasteiger partial charge in [0.05, 0.1) is 17.9 Å². The van der Waals surface area contributed by atoms with Gasteiger partial charge in [0.15, 0.2) is 0 Å². The summed E-state index contributed by atoms with van der Waals surface area (Å²) in [6.07, 6.45) is -10.1. The minimum atomic E-state index is -5.99. The van der Waals surface area contributed by atoms with Crippen LogP contribution < -0.4 is 9.64 Å². The number of likely N-dealkylation sites (tertiary alicyclic amines) is 1. The van der Waals surface area contributed by atoms with Crippen molar-refractivity contribution in [2.24, 2.45) is 5.92 Å². The van der Waals surface area contributed by atoms with Gasteiger partial charge in [0.2, 0.25) is 11.8 Å². The Bertz CT molecular complexity index is 1320. The van der Waals surface area contributed by atoms with E-state index in [1.54, 1.807) is 27.7 Å². The molecule has 0 aromatic heterocycles. The van der Waals surface area contributed by atoms with E-state index < -0.39 is 34.8 Å². The van der Waals surface area contributed by atoms with E-state index in [1.165, 1.54) is 4.90 Å². The second-order valence-electron chi connectivity index (χ2n) is 12.0. The van der Waals surface area contributed by atoms with Crippen molar-refractivity contribution in [1.82, 2.24) is 4.90 Å². The molecule has 12 heteroatoms. The van der Waals surface area contributed by atoms with Gasteiger partial charge in [-0.25, -0.2) is 0 Å². The zero-order valence-electron chi connectivity index (χ0n) is 26.5. The van der Waals surface area contributed by atoms with Crippen LogP contribution in [-0.2, 0) is 33.4 Å². The van der Waals surface area contributed by atoms with Gasteiger partial charge >= 0.3 is 12.4 Å². The van der Waals surface area contributed by atoms with Crippen molar-refractivity contribution in [1.29, 1.82) is 0 Å². The molecule has 1 unspecified atom stereocenters.